The van der Waals surface area contributed by atoms with E-state index in [0.29, 0.717) is 43.5 Å². The maximum atomic E-state index is 12.8. The van der Waals surface area contributed by atoms with Crippen molar-refractivity contribution < 1.29 is 58.3 Å². The van der Waals surface area contributed by atoms with Crippen LogP contribution in [0.15, 0.2) is 59.7 Å². The van der Waals surface area contributed by atoms with E-state index in [9.17, 15) is 44.1 Å². The average Bonchev–Trinajstić information content (AvgIpc) is 3.61. The van der Waals surface area contributed by atoms with Crippen LogP contribution in [-0.2, 0) is 57.8 Å². The maximum Gasteiger partial charge on any atom is 0.333 e. The van der Waals surface area contributed by atoms with Crippen molar-refractivity contribution >= 4 is 58.6 Å². The summed E-state index contributed by atoms with van der Waals surface area (Å²) in [6.45, 7) is 14.4. The Balaban J connectivity index is 0.000000285. The van der Waals surface area contributed by atoms with Crippen molar-refractivity contribution in [3.05, 3.63) is 82.1 Å². The van der Waals surface area contributed by atoms with Gasteiger partial charge < -0.3 is 56.1 Å². The number of nitrogens with one attached hydrogen (secondary N) is 3. The highest BCUT2D eigenvalue weighted by atomic mass is 16.7. The van der Waals surface area contributed by atoms with Crippen LogP contribution in [0.3, 0.4) is 0 Å². The van der Waals surface area contributed by atoms with Gasteiger partial charge >= 0.3 is 5.97 Å². The molecule has 1 aromatic heterocycles. The van der Waals surface area contributed by atoms with Crippen molar-refractivity contribution in [3.63, 3.8) is 0 Å². The maximum absolute atomic E-state index is 12.8. The first kappa shape index (κ1) is 53.6. The summed E-state index contributed by atoms with van der Waals surface area (Å²) in [5.41, 5.74) is 12.2. The number of aromatic nitrogens is 1. The number of rotatable bonds is 17. The molecule has 1 saturated heterocycles. The van der Waals surface area contributed by atoms with Crippen molar-refractivity contribution in [2.45, 2.75) is 137 Å². The van der Waals surface area contributed by atoms with Crippen LogP contribution in [0.25, 0.3) is 16.6 Å². The number of nitrogens with zero attached hydrogens (tertiary/aromatic N) is 2. The molecular weight excluding hydrogens is 865 g/mol. The van der Waals surface area contributed by atoms with Crippen molar-refractivity contribution in [1.82, 2.24) is 20.5 Å². The van der Waals surface area contributed by atoms with Crippen molar-refractivity contribution in [1.29, 1.82) is 0 Å². The molecule has 18 nitrogen and oxygen atoms in total. The van der Waals surface area contributed by atoms with Crippen LogP contribution in [0, 0.1) is 5.92 Å². The number of Topliss-reactive ketones (excluding diaryl/α,β-unsaturated/α-hetero) is 1. The number of carbonyl (C=O) groups excluding carboxylic acids is 5. The number of ketones is 1. The van der Waals surface area contributed by atoms with Gasteiger partial charge in [-0.3, -0.25) is 24.0 Å². The van der Waals surface area contributed by atoms with Crippen LogP contribution in [-0.4, -0.2) is 118 Å². The summed E-state index contributed by atoms with van der Waals surface area (Å²) in [6, 6.07) is 11.2. The number of aliphatic hydroxyl groups is 2. The molecule has 3 heterocycles. The summed E-state index contributed by atoms with van der Waals surface area (Å²) < 4.78 is 17.0. The number of hydrogen-bond acceptors (Lipinski definition) is 14. The minimum atomic E-state index is -1.29. The van der Waals surface area contributed by atoms with E-state index in [2.05, 4.69) is 16.0 Å². The highest BCUT2D eigenvalue weighted by Crippen LogP contribution is 2.38. The van der Waals surface area contributed by atoms with Crippen LogP contribution in [0.5, 0.6) is 5.75 Å². The zero-order valence-electron chi connectivity index (χ0n) is 39.5. The first-order valence-corrected chi connectivity index (χ1v) is 22.7. The monoisotopic (exact) mass is 930 g/mol. The number of amides is 3. The van der Waals surface area contributed by atoms with Gasteiger partial charge in [0, 0.05) is 50.3 Å². The Bertz CT molecular complexity index is 2310. The van der Waals surface area contributed by atoms with Crippen LogP contribution in [0.2, 0.25) is 0 Å². The fourth-order valence-corrected chi connectivity index (χ4v) is 7.53. The molecule has 2 aromatic carbocycles. The van der Waals surface area contributed by atoms with E-state index < -0.39 is 54.5 Å². The number of aldehydes is 1. The van der Waals surface area contributed by atoms with Gasteiger partial charge in [-0.05, 0) is 86.1 Å². The molecule has 0 saturated carbocycles. The Kier molecular flexibility index (Phi) is 20.1. The molecule has 3 aromatic rings. The van der Waals surface area contributed by atoms with Gasteiger partial charge in [0.1, 0.15) is 24.2 Å². The molecular formula is C49H66N6O12. The van der Waals surface area contributed by atoms with E-state index in [-0.39, 0.29) is 55.1 Å². The molecule has 1 fully saturated rings. The molecule has 0 spiro atoms. The number of hydrogen-bond donors (Lipinski definition) is 7. The average molecular weight is 931 g/mol. The number of benzene rings is 2. The SMILES string of the molecule is CC.CC(C)OCc1ccc(NC(=O)[C@H](C)NC(=O)C(N)C(C)C)c(OC2CC(O)CC(C(=O)O)O2)c1.CN1Cc2c(nc3ccccc3c2CCNC=O)/C1=C/C1=C(C=O)CCC(=O)C1O. The summed E-state index contributed by atoms with van der Waals surface area (Å²) in [6.07, 6.45) is -0.143. The highest BCUT2D eigenvalue weighted by molar-refractivity contribution is 5.99. The quantitative estimate of drug-likeness (QED) is 0.0747. The fraction of sp³-hybridized carbons (Fsp3) is 0.490. The number of carboxylic acids is 1. The number of para-hydroxylation sites is 1. The summed E-state index contributed by atoms with van der Waals surface area (Å²) in [4.78, 5) is 77.5. The summed E-state index contributed by atoms with van der Waals surface area (Å²) >= 11 is 0. The molecule has 3 amide bonds. The minimum Gasteiger partial charge on any atom is -0.479 e. The summed E-state index contributed by atoms with van der Waals surface area (Å²) in [5, 5.41) is 38.8. The number of carboxylic acid groups (broad SMARTS) is 1. The van der Waals surface area contributed by atoms with E-state index in [1.165, 1.54) is 6.92 Å². The normalized spacial score (nSPS) is 20.5. The zero-order valence-corrected chi connectivity index (χ0v) is 39.5. The van der Waals surface area contributed by atoms with E-state index in [1.807, 2.05) is 77.8 Å². The highest BCUT2D eigenvalue weighted by Gasteiger charge is 2.35. The topological polar surface area (TPSA) is 269 Å². The van der Waals surface area contributed by atoms with Crippen LogP contribution < -0.4 is 26.4 Å². The second-order valence-electron chi connectivity index (χ2n) is 16.9. The number of allylic oxidation sites excluding steroid dienone is 1. The molecule has 0 bridgehead atoms. The second kappa shape index (κ2) is 25.2. The lowest BCUT2D eigenvalue weighted by molar-refractivity contribution is -0.195. The third-order valence-electron chi connectivity index (χ3n) is 11.3. The molecule has 364 valence electrons. The number of aliphatic carboxylic acids is 1. The molecule has 18 heteroatoms. The first-order valence-electron chi connectivity index (χ1n) is 22.7. The Morgan fingerprint density at radius 1 is 1.01 bits per heavy atom. The van der Waals surface area contributed by atoms with Gasteiger partial charge in [0.2, 0.25) is 24.5 Å². The summed E-state index contributed by atoms with van der Waals surface area (Å²) in [5.74, 6) is -2.30. The molecule has 67 heavy (non-hydrogen) atoms. The van der Waals surface area contributed by atoms with Crippen LogP contribution >= 0.6 is 0 Å². The smallest absolute Gasteiger partial charge is 0.333 e. The molecule has 0 radical (unpaired) electrons. The Labute approximate surface area is 391 Å². The number of anilines is 1. The van der Waals surface area contributed by atoms with E-state index in [4.69, 9.17) is 24.9 Å². The lowest BCUT2D eigenvalue weighted by Gasteiger charge is -2.31. The van der Waals surface area contributed by atoms with Gasteiger partial charge in [0.05, 0.1) is 47.5 Å². The van der Waals surface area contributed by atoms with Gasteiger partial charge in [-0.25, -0.2) is 9.78 Å². The predicted molar refractivity (Wildman–Crippen MR) is 251 cm³/mol. The van der Waals surface area contributed by atoms with Crippen molar-refractivity contribution in [2.24, 2.45) is 11.7 Å². The minimum absolute atomic E-state index is 0.00595. The Morgan fingerprint density at radius 2 is 1.73 bits per heavy atom. The number of fused-ring (bicyclic) bond motifs is 2. The third-order valence-corrected chi connectivity index (χ3v) is 11.3. The number of nitrogens with two attached hydrogens (primary N) is 1. The number of carbonyl (C=O) groups is 6. The standard InChI is InChI=1S/C24H37N3O8.C23H23N3O4.C2H6/c1-12(2)21(25)23(30)26-14(5)22(29)27-17-7-6-15(11-33-13(3)4)8-18(17)34-20-10-16(28)9-19(35-20)24(31)32;1-26-11-18-15(8-9-24-13-28)16-4-2-3-5-19(16)25-22(18)20(26)10-17-14(12-27)6-7-21(29)23(17)30;1-2/h6-8,12-14,16,19-21,28H,9-11,25H2,1-5H3,(H,26,30)(H,27,29)(H,31,32);2-5,10,12-13,23,30H,6-9,11H2,1H3,(H,24,28);1-2H3/b;20-10-;/t14-,16?,19?,20?,21?;;/m0../s1. The Morgan fingerprint density at radius 3 is 2.39 bits per heavy atom. The van der Waals surface area contributed by atoms with Gasteiger partial charge in [-0.15, -0.1) is 0 Å². The van der Waals surface area contributed by atoms with E-state index in [0.717, 1.165) is 45.3 Å². The predicted octanol–water partition coefficient (Wildman–Crippen LogP) is 3.92. The lowest BCUT2D eigenvalue weighted by atomic mass is 9.88. The van der Waals surface area contributed by atoms with Crippen molar-refractivity contribution in [2.75, 3.05) is 18.9 Å². The third kappa shape index (κ3) is 14.2. The zero-order chi connectivity index (χ0) is 49.5. The lowest BCUT2D eigenvalue weighted by Crippen LogP contribution is -2.50. The van der Waals surface area contributed by atoms with Gasteiger partial charge in [0.15, 0.2) is 11.9 Å². The molecule has 6 atom stereocenters. The molecule has 1 aliphatic carbocycles. The Hall–Kier alpha value is -6.05. The number of aliphatic hydroxyl groups excluding tert-OH is 2. The van der Waals surface area contributed by atoms with Gasteiger partial charge in [-0.2, -0.15) is 0 Å². The molecule has 6 rings (SSSR count). The number of pyridine rings is 1. The summed E-state index contributed by atoms with van der Waals surface area (Å²) in [7, 11) is 1.92. The van der Waals surface area contributed by atoms with Gasteiger partial charge in [-0.1, -0.05) is 52.0 Å². The van der Waals surface area contributed by atoms with Crippen LogP contribution in [0.4, 0.5) is 5.69 Å². The van der Waals surface area contributed by atoms with E-state index >= 15 is 0 Å². The van der Waals surface area contributed by atoms with Crippen molar-refractivity contribution in [3.8, 4) is 5.75 Å². The van der Waals surface area contributed by atoms with E-state index in [1.54, 1.807) is 24.3 Å². The number of ether oxygens (including phenoxy) is 3. The first-order chi connectivity index (χ1) is 31.9. The van der Waals surface area contributed by atoms with Gasteiger partial charge in [0.25, 0.3) is 0 Å². The molecule has 2 aliphatic heterocycles. The van der Waals surface area contributed by atoms with Crippen LogP contribution in [0.1, 0.15) is 96.5 Å². The molecule has 5 unspecified atom stereocenters. The largest absolute Gasteiger partial charge is 0.479 e. The molecule has 3 aliphatic rings. The second-order valence-corrected chi connectivity index (χ2v) is 16.9. The fourth-order valence-electron chi connectivity index (χ4n) is 7.53. The molecule has 8 N–H and O–H groups in total.